The number of carboxylic acids is 1. The Morgan fingerprint density at radius 3 is 2.70 bits per heavy atom. The van der Waals surface area contributed by atoms with E-state index in [1.165, 1.54) is 6.07 Å². The fourth-order valence-corrected chi connectivity index (χ4v) is 3.07. The van der Waals surface area contributed by atoms with E-state index in [2.05, 4.69) is 18.7 Å². The first-order valence-electron chi connectivity index (χ1n) is 7.02. The molecule has 1 aliphatic heterocycles. The summed E-state index contributed by atoms with van der Waals surface area (Å²) in [6, 6.07) is 5.21. The largest absolute Gasteiger partial charge is 0.481 e. The first-order valence-corrected chi connectivity index (χ1v) is 7.02. The van der Waals surface area contributed by atoms with Gasteiger partial charge in [-0.1, -0.05) is 0 Å². The van der Waals surface area contributed by atoms with E-state index in [0.29, 0.717) is 12.8 Å². The monoisotopic (exact) mass is 279 g/mol. The third-order valence-corrected chi connectivity index (χ3v) is 4.05. The second-order valence-electron chi connectivity index (χ2n) is 6.53. The molecular weight excluding hydrogens is 257 g/mol. The van der Waals surface area contributed by atoms with Crippen LogP contribution in [0.4, 0.5) is 10.1 Å². The number of hydrogen-bond donors (Lipinski definition) is 1. The van der Waals surface area contributed by atoms with Gasteiger partial charge in [0.05, 0.1) is 5.41 Å². The minimum Gasteiger partial charge on any atom is -0.481 e. The first-order chi connectivity index (χ1) is 9.22. The molecule has 0 spiro atoms. The van der Waals surface area contributed by atoms with Gasteiger partial charge in [0.15, 0.2) is 0 Å². The molecule has 1 atom stereocenters. The lowest BCUT2D eigenvalue weighted by Gasteiger charge is -2.35. The van der Waals surface area contributed by atoms with Crippen molar-refractivity contribution in [3.05, 3.63) is 29.6 Å². The second-order valence-corrected chi connectivity index (χ2v) is 6.53. The van der Waals surface area contributed by atoms with Crippen LogP contribution in [0, 0.1) is 11.2 Å². The van der Waals surface area contributed by atoms with Gasteiger partial charge in [0, 0.05) is 17.8 Å². The van der Waals surface area contributed by atoms with E-state index in [1.54, 1.807) is 26.0 Å². The zero-order valence-electron chi connectivity index (χ0n) is 12.5. The standard InChI is InChI=1S/C16H22FNO2/c1-10(2)18-13(9-16(3,4)15(19)20)8-11-7-12(17)5-6-14(11)18/h5-7,10,13H,8-9H2,1-4H3,(H,19,20). The molecule has 3 nitrogen and oxygen atoms in total. The maximum Gasteiger partial charge on any atom is 0.309 e. The van der Waals surface area contributed by atoms with Crippen molar-refractivity contribution in [3.63, 3.8) is 0 Å². The number of benzene rings is 1. The molecule has 1 aromatic carbocycles. The third-order valence-electron chi connectivity index (χ3n) is 4.05. The second kappa shape index (κ2) is 5.08. The number of halogens is 1. The molecule has 4 heteroatoms. The molecule has 0 bridgehead atoms. The van der Waals surface area contributed by atoms with Crippen molar-refractivity contribution >= 4 is 11.7 Å². The lowest BCUT2D eigenvalue weighted by atomic mass is 9.84. The Morgan fingerprint density at radius 2 is 2.15 bits per heavy atom. The van der Waals surface area contributed by atoms with Crippen molar-refractivity contribution < 1.29 is 14.3 Å². The highest BCUT2D eigenvalue weighted by Crippen LogP contribution is 2.39. The summed E-state index contributed by atoms with van der Waals surface area (Å²) < 4.78 is 13.4. The van der Waals surface area contributed by atoms with Gasteiger partial charge in [0.25, 0.3) is 0 Å². The Bertz CT molecular complexity index is 525. The highest BCUT2D eigenvalue weighted by molar-refractivity contribution is 5.74. The lowest BCUT2D eigenvalue weighted by Crippen LogP contribution is -2.42. The molecule has 0 saturated carbocycles. The zero-order valence-corrected chi connectivity index (χ0v) is 12.5. The topological polar surface area (TPSA) is 40.5 Å². The molecule has 0 aromatic heterocycles. The molecule has 0 aliphatic carbocycles. The Hall–Kier alpha value is -1.58. The Kier molecular flexibility index (Phi) is 3.76. The molecule has 0 fully saturated rings. The van der Waals surface area contributed by atoms with Gasteiger partial charge in [-0.3, -0.25) is 4.79 Å². The fourth-order valence-electron chi connectivity index (χ4n) is 3.07. The number of nitrogens with zero attached hydrogens (tertiary/aromatic N) is 1. The molecule has 1 heterocycles. The smallest absolute Gasteiger partial charge is 0.309 e. The molecule has 1 aromatic rings. The van der Waals surface area contributed by atoms with Crippen LogP contribution in [-0.2, 0) is 11.2 Å². The number of anilines is 1. The molecule has 0 radical (unpaired) electrons. The minimum atomic E-state index is -0.789. The Balaban J connectivity index is 2.30. The summed E-state index contributed by atoms with van der Waals surface area (Å²) in [6.45, 7) is 7.66. The van der Waals surface area contributed by atoms with E-state index in [4.69, 9.17) is 0 Å². The number of rotatable bonds is 4. The Labute approximate surface area is 119 Å². The van der Waals surface area contributed by atoms with Gasteiger partial charge in [-0.15, -0.1) is 0 Å². The van der Waals surface area contributed by atoms with Crippen molar-refractivity contribution in [1.82, 2.24) is 0 Å². The maximum atomic E-state index is 13.4. The van der Waals surface area contributed by atoms with Crippen molar-refractivity contribution in [2.24, 2.45) is 5.41 Å². The number of aliphatic carboxylic acids is 1. The van der Waals surface area contributed by atoms with Crippen LogP contribution in [-0.4, -0.2) is 23.2 Å². The van der Waals surface area contributed by atoms with Crippen LogP contribution in [0.3, 0.4) is 0 Å². The molecule has 1 unspecified atom stereocenters. The molecule has 1 aliphatic rings. The van der Waals surface area contributed by atoms with Gasteiger partial charge in [-0.2, -0.15) is 0 Å². The third kappa shape index (κ3) is 2.65. The van der Waals surface area contributed by atoms with Gasteiger partial charge >= 0.3 is 5.97 Å². The molecule has 0 amide bonds. The molecular formula is C16H22FNO2. The van der Waals surface area contributed by atoms with Crippen LogP contribution < -0.4 is 4.90 Å². The molecule has 20 heavy (non-hydrogen) atoms. The van der Waals surface area contributed by atoms with E-state index in [1.807, 2.05) is 0 Å². The van der Waals surface area contributed by atoms with E-state index < -0.39 is 11.4 Å². The fraction of sp³-hybridized carbons (Fsp3) is 0.562. The van der Waals surface area contributed by atoms with E-state index in [-0.39, 0.29) is 17.9 Å². The number of hydrogen-bond acceptors (Lipinski definition) is 2. The summed E-state index contributed by atoms with van der Waals surface area (Å²) in [5.41, 5.74) is 1.23. The number of fused-ring (bicyclic) bond motifs is 1. The van der Waals surface area contributed by atoms with Crippen LogP contribution in [0.5, 0.6) is 0 Å². The van der Waals surface area contributed by atoms with Gasteiger partial charge in [-0.05, 0) is 64.3 Å². The quantitative estimate of drug-likeness (QED) is 0.917. The van der Waals surface area contributed by atoms with Crippen LogP contribution in [0.15, 0.2) is 18.2 Å². The summed E-state index contributed by atoms with van der Waals surface area (Å²) in [6.07, 6.45) is 1.26. The van der Waals surface area contributed by atoms with Crippen LogP contribution >= 0.6 is 0 Å². The molecule has 2 rings (SSSR count). The van der Waals surface area contributed by atoms with Crippen molar-refractivity contribution in [2.45, 2.75) is 52.6 Å². The SMILES string of the molecule is CC(C)N1c2ccc(F)cc2CC1CC(C)(C)C(=O)O. The predicted octanol–water partition coefficient (Wildman–Crippen LogP) is 3.47. The number of carbonyl (C=O) groups is 1. The van der Waals surface area contributed by atoms with Gasteiger partial charge < -0.3 is 10.0 Å². The first kappa shape index (κ1) is 14.8. The molecule has 0 saturated heterocycles. The van der Waals surface area contributed by atoms with Gasteiger partial charge in [-0.25, -0.2) is 4.39 Å². The zero-order chi connectivity index (χ0) is 15.1. The maximum absolute atomic E-state index is 13.4. The van der Waals surface area contributed by atoms with E-state index in [0.717, 1.165) is 11.3 Å². The van der Waals surface area contributed by atoms with Crippen LogP contribution in [0.2, 0.25) is 0 Å². The summed E-state index contributed by atoms with van der Waals surface area (Å²) in [5.74, 6) is -1.02. The minimum absolute atomic E-state index is 0.109. The highest BCUT2D eigenvalue weighted by atomic mass is 19.1. The average Bonchev–Trinajstić information content (AvgIpc) is 2.64. The normalized spacial score (nSPS) is 18.5. The van der Waals surface area contributed by atoms with Crippen LogP contribution in [0.25, 0.3) is 0 Å². The van der Waals surface area contributed by atoms with Gasteiger partial charge in [0.2, 0.25) is 0 Å². The van der Waals surface area contributed by atoms with E-state index in [9.17, 15) is 14.3 Å². The summed E-state index contributed by atoms with van der Waals surface area (Å²) in [7, 11) is 0. The average molecular weight is 279 g/mol. The summed E-state index contributed by atoms with van der Waals surface area (Å²) in [5, 5.41) is 9.31. The number of carboxylic acid groups (broad SMARTS) is 1. The summed E-state index contributed by atoms with van der Waals surface area (Å²) >= 11 is 0. The Morgan fingerprint density at radius 1 is 1.50 bits per heavy atom. The van der Waals surface area contributed by atoms with Crippen LogP contribution in [0.1, 0.15) is 39.7 Å². The van der Waals surface area contributed by atoms with Gasteiger partial charge in [0.1, 0.15) is 5.82 Å². The summed E-state index contributed by atoms with van der Waals surface area (Å²) in [4.78, 5) is 13.6. The molecule has 110 valence electrons. The van der Waals surface area contributed by atoms with Crippen molar-refractivity contribution in [1.29, 1.82) is 0 Å². The van der Waals surface area contributed by atoms with Crippen molar-refractivity contribution in [2.75, 3.05) is 4.90 Å². The predicted molar refractivity (Wildman–Crippen MR) is 77.5 cm³/mol. The lowest BCUT2D eigenvalue weighted by molar-refractivity contribution is -0.147. The molecule has 1 N–H and O–H groups in total. The van der Waals surface area contributed by atoms with Crippen molar-refractivity contribution in [3.8, 4) is 0 Å². The highest BCUT2D eigenvalue weighted by Gasteiger charge is 2.38. The van der Waals surface area contributed by atoms with E-state index >= 15 is 0 Å².